The molecule has 1 amide bonds. The normalized spacial score (nSPS) is 17.0. The molecule has 0 saturated carbocycles. The predicted molar refractivity (Wildman–Crippen MR) is 105 cm³/mol. The van der Waals surface area contributed by atoms with Crippen molar-refractivity contribution in [3.63, 3.8) is 0 Å². The van der Waals surface area contributed by atoms with Gasteiger partial charge in [-0.05, 0) is 37.5 Å². The zero-order chi connectivity index (χ0) is 18.4. The Morgan fingerprint density at radius 3 is 2.50 bits per heavy atom. The van der Waals surface area contributed by atoms with Gasteiger partial charge in [-0.3, -0.25) is 9.69 Å². The van der Waals surface area contributed by atoms with E-state index in [1.54, 1.807) is 18.2 Å². The molecule has 1 N–H and O–H groups in total. The van der Waals surface area contributed by atoms with Crippen LogP contribution in [-0.4, -0.2) is 35.2 Å². The Labute approximate surface area is 159 Å². The van der Waals surface area contributed by atoms with E-state index in [2.05, 4.69) is 34.5 Å². The number of hydrogen-bond acceptors (Lipinski definition) is 3. The Bertz CT molecular complexity index is 717. The fourth-order valence-corrected chi connectivity index (χ4v) is 4.07. The first-order valence-electron chi connectivity index (χ1n) is 9.09. The van der Waals surface area contributed by atoms with Crippen LogP contribution < -0.4 is 5.32 Å². The highest BCUT2D eigenvalue weighted by Crippen LogP contribution is 2.26. The molecule has 0 radical (unpaired) electrons. The number of nitrogens with zero attached hydrogens (tertiary/aromatic N) is 1. The number of carbonyl (C=O) groups excluding carboxylic acids is 1. The van der Waals surface area contributed by atoms with Crippen LogP contribution in [0.25, 0.3) is 0 Å². The number of rotatable bonds is 6. The van der Waals surface area contributed by atoms with Crippen LogP contribution >= 0.6 is 11.8 Å². The van der Waals surface area contributed by atoms with Gasteiger partial charge < -0.3 is 5.32 Å². The highest BCUT2D eigenvalue weighted by molar-refractivity contribution is 8.00. The standard InChI is InChI=1S/C21H25FN2OS/c1-16(26-20-10-6-5-9-19(20)22)21(25)23-18-11-13-24(14-12-18)15-17-7-3-2-4-8-17/h2-10,16,18H,11-15H2,1H3,(H,23,25). The molecule has 1 fully saturated rings. The summed E-state index contributed by atoms with van der Waals surface area (Å²) < 4.78 is 13.7. The minimum Gasteiger partial charge on any atom is -0.352 e. The quantitative estimate of drug-likeness (QED) is 0.775. The van der Waals surface area contributed by atoms with Crippen LogP contribution in [0.4, 0.5) is 4.39 Å². The van der Waals surface area contributed by atoms with Crippen LogP contribution in [0, 0.1) is 5.82 Å². The van der Waals surface area contributed by atoms with Crippen molar-refractivity contribution in [1.29, 1.82) is 0 Å². The van der Waals surface area contributed by atoms with Crippen molar-refractivity contribution in [2.75, 3.05) is 13.1 Å². The van der Waals surface area contributed by atoms with E-state index in [1.807, 2.05) is 13.0 Å². The molecule has 2 aromatic carbocycles. The Morgan fingerprint density at radius 2 is 1.81 bits per heavy atom. The summed E-state index contributed by atoms with van der Waals surface area (Å²) in [6.07, 6.45) is 1.91. The summed E-state index contributed by atoms with van der Waals surface area (Å²) in [6.45, 7) is 4.75. The Balaban J connectivity index is 1.43. The lowest BCUT2D eigenvalue weighted by Gasteiger charge is -2.32. The van der Waals surface area contributed by atoms with Gasteiger partial charge in [0.2, 0.25) is 5.91 Å². The van der Waals surface area contributed by atoms with Crippen molar-refractivity contribution in [3.05, 3.63) is 66.0 Å². The third-order valence-electron chi connectivity index (χ3n) is 4.69. The number of hydrogen-bond donors (Lipinski definition) is 1. The van der Waals surface area contributed by atoms with E-state index in [9.17, 15) is 9.18 Å². The minimum atomic E-state index is -0.311. The summed E-state index contributed by atoms with van der Waals surface area (Å²) in [7, 11) is 0. The SMILES string of the molecule is CC(Sc1ccccc1F)C(=O)NC1CCN(Cc2ccccc2)CC1. The van der Waals surface area contributed by atoms with Gasteiger partial charge >= 0.3 is 0 Å². The fourth-order valence-electron chi connectivity index (χ4n) is 3.18. The van der Waals surface area contributed by atoms with Crippen molar-refractivity contribution in [3.8, 4) is 0 Å². The predicted octanol–water partition coefficient (Wildman–Crippen LogP) is 4.09. The van der Waals surface area contributed by atoms with Gasteiger partial charge in [-0.15, -0.1) is 11.8 Å². The minimum absolute atomic E-state index is 0.0141. The second kappa shape index (κ2) is 9.19. The highest BCUT2D eigenvalue weighted by atomic mass is 32.2. The molecule has 0 aliphatic carbocycles. The lowest BCUT2D eigenvalue weighted by Crippen LogP contribution is -2.46. The van der Waals surface area contributed by atoms with E-state index in [4.69, 9.17) is 0 Å². The van der Waals surface area contributed by atoms with Crippen molar-refractivity contribution in [1.82, 2.24) is 10.2 Å². The number of carbonyl (C=O) groups is 1. The second-order valence-electron chi connectivity index (χ2n) is 6.74. The summed E-state index contributed by atoms with van der Waals surface area (Å²) in [5, 5.41) is 2.82. The number of nitrogens with one attached hydrogen (secondary N) is 1. The molecule has 3 nitrogen and oxygen atoms in total. The Morgan fingerprint density at radius 1 is 1.15 bits per heavy atom. The summed E-state index contributed by atoms with van der Waals surface area (Å²) in [5.41, 5.74) is 1.32. The average Bonchev–Trinajstić information content (AvgIpc) is 2.66. The molecule has 1 heterocycles. The summed E-state index contributed by atoms with van der Waals surface area (Å²) in [4.78, 5) is 15.4. The third-order valence-corrected chi connectivity index (χ3v) is 5.85. The molecule has 0 spiro atoms. The topological polar surface area (TPSA) is 32.3 Å². The maximum Gasteiger partial charge on any atom is 0.233 e. The van der Waals surface area contributed by atoms with Crippen LogP contribution in [0.1, 0.15) is 25.3 Å². The molecule has 1 saturated heterocycles. The first kappa shape index (κ1) is 18.9. The van der Waals surface area contributed by atoms with Gasteiger partial charge in [-0.2, -0.15) is 0 Å². The number of benzene rings is 2. The van der Waals surface area contributed by atoms with Crippen LogP contribution in [0.15, 0.2) is 59.5 Å². The van der Waals surface area contributed by atoms with E-state index < -0.39 is 0 Å². The van der Waals surface area contributed by atoms with Crippen LogP contribution in [-0.2, 0) is 11.3 Å². The smallest absolute Gasteiger partial charge is 0.233 e. The monoisotopic (exact) mass is 372 g/mol. The van der Waals surface area contributed by atoms with Crippen LogP contribution in [0.2, 0.25) is 0 Å². The van der Waals surface area contributed by atoms with Crippen molar-refractivity contribution < 1.29 is 9.18 Å². The lowest BCUT2D eigenvalue weighted by atomic mass is 10.0. The van der Waals surface area contributed by atoms with Gasteiger partial charge in [0.1, 0.15) is 5.82 Å². The first-order valence-corrected chi connectivity index (χ1v) is 9.97. The molecule has 0 aromatic heterocycles. The Kier molecular flexibility index (Phi) is 6.69. The summed E-state index contributed by atoms with van der Waals surface area (Å²) in [6, 6.07) is 17.3. The molecule has 3 rings (SSSR count). The third kappa shape index (κ3) is 5.32. The number of piperidine rings is 1. The molecule has 2 aromatic rings. The largest absolute Gasteiger partial charge is 0.352 e. The summed E-state index contributed by atoms with van der Waals surface area (Å²) in [5.74, 6) is -0.286. The zero-order valence-electron chi connectivity index (χ0n) is 15.0. The molecule has 26 heavy (non-hydrogen) atoms. The molecule has 138 valence electrons. The zero-order valence-corrected chi connectivity index (χ0v) is 15.8. The number of amides is 1. The van der Waals surface area contributed by atoms with Crippen molar-refractivity contribution in [2.45, 2.75) is 42.5 Å². The lowest BCUT2D eigenvalue weighted by molar-refractivity contribution is -0.121. The first-order chi connectivity index (χ1) is 12.6. The highest BCUT2D eigenvalue weighted by Gasteiger charge is 2.23. The van der Waals surface area contributed by atoms with Crippen LogP contribution in [0.3, 0.4) is 0 Å². The van der Waals surface area contributed by atoms with E-state index >= 15 is 0 Å². The van der Waals surface area contributed by atoms with Crippen molar-refractivity contribution in [2.24, 2.45) is 0 Å². The van der Waals surface area contributed by atoms with Gasteiger partial charge in [0, 0.05) is 30.6 Å². The van der Waals surface area contributed by atoms with Gasteiger partial charge in [0.05, 0.1) is 5.25 Å². The van der Waals surface area contributed by atoms with E-state index in [-0.39, 0.29) is 23.0 Å². The number of halogens is 1. The molecule has 0 bridgehead atoms. The average molecular weight is 373 g/mol. The van der Waals surface area contributed by atoms with Gasteiger partial charge in [0.25, 0.3) is 0 Å². The molecular formula is C21H25FN2OS. The van der Waals surface area contributed by atoms with E-state index in [0.717, 1.165) is 32.5 Å². The number of thioether (sulfide) groups is 1. The molecule has 1 aliphatic rings. The molecular weight excluding hydrogens is 347 g/mol. The van der Waals surface area contributed by atoms with Gasteiger partial charge in [-0.1, -0.05) is 42.5 Å². The van der Waals surface area contributed by atoms with E-state index in [1.165, 1.54) is 23.4 Å². The fraction of sp³-hybridized carbons (Fsp3) is 0.381. The van der Waals surface area contributed by atoms with Crippen LogP contribution in [0.5, 0.6) is 0 Å². The molecule has 5 heteroatoms. The van der Waals surface area contributed by atoms with Gasteiger partial charge in [0.15, 0.2) is 0 Å². The summed E-state index contributed by atoms with van der Waals surface area (Å²) >= 11 is 1.27. The Hall–Kier alpha value is -1.85. The number of likely N-dealkylation sites (tertiary alicyclic amines) is 1. The van der Waals surface area contributed by atoms with Crippen molar-refractivity contribution >= 4 is 17.7 Å². The van der Waals surface area contributed by atoms with Gasteiger partial charge in [-0.25, -0.2) is 4.39 Å². The maximum atomic E-state index is 13.7. The maximum absolute atomic E-state index is 13.7. The molecule has 1 aliphatic heterocycles. The second-order valence-corrected chi connectivity index (χ2v) is 8.12. The molecule has 1 atom stereocenters. The molecule has 1 unspecified atom stereocenters. The van der Waals surface area contributed by atoms with E-state index in [0.29, 0.717) is 4.90 Å².